The van der Waals surface area contributed by atoms with Gasteiger partial charge in [-0.05, 0) is 24.6 Å². The molecule has 1 aromatic carbocycles. The van der Waals surface area contributed by atoms with E-state index in [0.717, 1.165) is 5.56 Å². The van der Waals surface area contributed by atoms with Crippen molar-refractivity contribution >= 4 is 12.4 Å². The second kappa shape index (κ2) is 4.56. The Morgan fingerprint density at radius 3 is 2.23 bits per heavy atom. The Balaban J connectivity index is 0.00000144. The Bertz CT molecular complexity index is 261. The van der Waals surface area contributed by atoms with Gasteiger partial charge in [0.1, 0.15) is 5.82 Å². The number of hydrogen-bond acceptors (Lipinski definition) is 2. The molecule has 2 nitrogen and oxygen atoms in total. The normalized spacial score (nSPS) is 14.5. The van der Waals surface area contributed by atoms with Crippen molar-refractivity contribution in [2.24, 2.45) is 5.73 Å². The van der Waals surface area contributed by atoms with Crippen LogP contribution in [0, 0.1) is 5.82 Å². The zero-order valence-corrected chi connectivity index (χ0v) is 8.14. The summed E-state index contributed by atoms with van der Waals surface area (Å²) in [5.74, 6) is -0.299. The molecule has 0 aliphatic carbocycles. The highest BCUT2D eigenvalue weighted by Crippen LogP contribution is 2.16. The van der Waals surface area contributed by atoms with Gasteiger partial charge >= 0.3 is 0 Å². The zero-order valence-electron chi connectivity index (χ0n) is 7.33. The van der Waals surface area contributed by atoms with Crippen LogP contribution in [0.3, 0.4) is 0 Å². The quantitative estimate of drug-likeness (QED) is 0.767. The van der Waals surface area contributed by atoms with Crippen molar-refractivity contribution in [3.05, 3.63) is 35.6 Å². The van der Waals surface area contributed by atoms with Gasteiger partial charge in [-0.1, -0.05) is 12.1 Å². The maximum Gasteiger partial charge on any atom is 0.123 e. The molecule has 74 valence electrons. The summed E-state index contributed by atoms with van der Waals surface area (Å²) in [6.07, 6.45) is 0. The van der Waals surface area contributed by atoms with Gasteiger partial charge in [0.15, 0.2) is 0 Å². The van der Waals surface area contributed by atoms with Gasteiger partial charge in [0.05, 0.1) is 12.1 Å². The molecule has 0 radical (unpaired) electrons. The van der Waals surface area contributed by atoms with E-state index in [1.54, 1.807) is 19.1 Å². The van der Waals surface area contributed by atoms with Crippen LogP contribution in [0.15, 0.2) is 24.3 Å². The maximum absolute atomic E-state index is 12.5. The van der Waals surface area contributed by atoms with Gasteiger partial charge in [-0.15, -0.1) is 12.4 Å². The predicted octanol–water partition coefficient (Wildman–Crippen LogP) is 1.41. The fraction of sp³-hybridized carbons (Fsp3) is 0.333. The summed E-state index contributed by atoms with van der Waals surface area (Å²) in [5, 5.41) is 8.90. The SMILES string of the molecule is CC(N)(CO)c1ccc(F)cc1.Cl. The molecule has 1 atom stereocenters. The van der Waals surface area contributed by atoms with E-state index < -0.39 is 5.54 Å². The van der Waals surface area contributed by atoms with Gasteiger partial charge < -0.3 is 10.8 Å². The molecule has 3 N–H and O–H groups in total. The van der Waals surface area contributed by atoms with Crippen LogP contribution >= 0.6 is 12.4 Å². The summed E-state index contributed by atoms with van der Waals surface area (Å²) in [5.41, 5.74) is 5.66. The summed E-state index contributed by atoms with van der Waals surface area (Å²) in [7, 11) is 0. The summed E-state index contributed by atoms with van der Waals surface area (Å²) >= 11 is 0. The van der Waals surface area contributed by atoms with Gasteiger partial charge in [0.2, 0.25) is 0 Å². The lowest BCUT2D eigenvalue weighted by atomic mass is 9.94. The van der Waals surface area contributed by atoms with Crippen LogP contribution in [-0.2, 0) is 5.54 Å². The molecule has 0 aliphatic rings. The Labute approximate surface area is 83.0 Å². The standard InChI is InChI=1S/C9H12FNO.ClH/c1-9(11,6-12)7-2-4-8(10)5-3-7;/h2-5,12H,6,11H2,1H3;1H. The van der Waals surface area contributed by atoms with Crippen LogP contribution in [0.25, 0.3) is 0 Å². The number of nitrogens with two attached hydrogens (primary N) is 1. The van der Waals surface area contributed by atoms with E-state index in [4.69, 9.17) is 10.8 Å². The highest BCUT2D eigenvalue weighted by atomic mass is 35.5. The maximum atomic E-state index is 12.5. The van der Waals surface area contributed by atoms with Crippen molar-refractivity contribution in [1.82, 2.24) is 0 Å². The summed E-state index contributed by atoms with van der Waals surface area (Å²) < 4.78 is 12.5. The van der Waals surface area contributed by atoms with E-state index in [0.29, 0.717) is 0 Å². The molecule has 0 saturated heterocycles. The minimum absolute atomic E-state index is 0. The molecule has 0 heterocycles. The highest BCUT2D eigenvalue weighted by Gasteiger charge is 2.19. The highest BCUT2D eigenvalue weighted by molar-refractivity contribution is 5.85. The third-order valence-corrected chi connectivity index (χ3v) is 1.83. The smallest absolute Gasteiger partial charge is 0.123 e. The molecule has 0 saturated carbocycles. The molecule has 0 amide bonds. The molecule has 0 bridgehead atoms. The van der Waals surface area contributed by atoms with Crippen molar-refractivity contribution in [2.75, 3.05) is 6.61 Å². The van der Waals surface area contributed by atoms with Crippen molar-refractivity contribution in [3.8, 4) is 0 Å². The van der Waals surface area contributed by atoms with Crippen molar-refractivity contribution in [1.29, 1.82) is 0 Å². The monoisotopic (exact) mass is 205 g/mol. The lowest BCUT2D eigenvalue weighted by Crippen LogP contribution is -2.36. The van der Waals surface area contributed by atoms with E-state index in [-0.39, 0.29) is 24.8 Å². The minimum Gasteiger partial charge on any atom is -0.394 e. The molecule has 0 spiro atoms. The van der Waals surface area contributed by atoms with Gasteiger partial charge in [0, 0.05) is 0 Å². The Morgan fingerprint density at radius 2 is 1.85 bits per heavy atom. The Kier molecular flexibility index (Phi) is 4.33. The van der Waals surface area contributed by atoms with E-state index >= 15 is 0 Å². The number of benzene rings is 1. The van der Waals surface area contributed by atoms with Crippen molar-refractivity contribution in [2.45, 2.75) is 12.5 Å². The number of rotatable bonds is 2. The zero-order chi connectivity index (χ0) is 9.19. The topological polar surface area (TPSA) is 46.2 Å². The minimum atomic E-state index is -0.784. The van der Waals surface area contributed by atoms with Crippen molar-refractivity contribution in [3.63, 3.8) is 0 Å². The van der Waals surface area contributed by atoms with Gasteiger partial charge in [-0.25, -0.2) is 4.39 Å². The molecule has 4 heteroatoms. The second-order valence-electron chi connectivity index (χ2n) is 3.08. The van der Waals surface area contributed by atoms with E-state index in [1.165, 1.54) is 12.1 Å². The summed E-state index contributed by atoms with van der Waals surface area (Å²) in [4.78, 5) is 0. The van der Waals surface area contributed by atoms with Gasteiger partial charge in [0.25, 0.3) is 0 Å². The fourth-order valence-corrected chi connectivity index (χ4v) is 0.922. The number of aliphatic hydroxyl groups is 1. The predicted molar refractivity (Wildman–Crippen MR) is 52.3 cm³/mol. The second-order valence-corrected chi connectivity index (χ2v) is 3.08. The third-order valence-electron chi connectivity index (χ3n) is 1.83. The largest absolute Gasteiger partial charge is 0.394 e. The molecule has 0 aromatic heterocycles. The van der Waals surface area contributed by atoms with E-state index in [1.807, 2.05) is 0 Å². The van der Waals surface area contributed by atoms with Crippen LogP contribution in [0.5, 0.6) is 0 Å². The Morgan fingerprint density at radius 1 is 1.38 bits per heavy atom. The first kappa shape index (κ1) is 12.4. The average molecular weight is 206 g/mol. The lowest BCUT2D eigenvalue weighted by Gasteiger charge is -2.21. The van der Waals surface area contributed by atoms with Crippen LogP contribution in [0.2, 0.25) is 0 Å². The van der Waals surface area contributed by atoms with E-state index in [2.05, 4.69) is 0 Å². The molecule has 13 heavy (non-hydrogen) atoms. The molecule has 0 aliphatic heterocycles. The summed E-state index contributed by atoms with van der Waals surface area (Å²) in [6.45, 7) is 1.54. The molecular formula is C9H13ClFNO. The van der Waals surface area contributed by atoms with Crippen LogP contribution in [0.1, 0.15) is 12.5 Å². The van der Waals surface area contributed by atoms with Crippen LogP contribution in [-0.4, -0.2) is 11.7 Å². The number of hydrogen-bond donors (Lipinski definition) is 2. The molecule has 1 rings (SSSR count). The molecule has 0 fully saturated rings. The van der Waals surface area contributed by atoms with Gasteiger partial charge in [-0.3, -0.25) is 0 Å². The van der Waals surface area contributed by atoms with Gasteiger partial charge in [-0.2, -0.15) is 0 Å². The molecular weight excluding hydrogens is 193 g/mol. The lowest BCUT2D eigenvalue weighted by molar-refractivity contribution is 0.210. The molecule has 1 aromatic rings. The number of halogens is 2. The van der Waals surface area contributed by atoms with Crippen LogP contribution in [0.4, 0.5) is 4.39 Å². The van der Waals surface area contributed by atoms with Crippen LogP contribution < -0.4 is 5.73 Å². The first-order chi connectivity index (χ1) is 5.56. The Hall–Kier alpha value is -0.640. The first-order valence-electron chi connectivity index (χ1n) is 3.72. The number of aliphatic hydroxyl groups excluding tert-OH is 1. The molecule has 1 unspecified atom stereocenters. The first-order valence-corrected chi connectivity index (χ1v) is 3.72. The third kappa shape index (κ3) is 2.95. The average Bonchev–Trinajstić information content (AvgIpc) is 2.05. The van der Waals surface area contributed by atoms with E-state index in [9.17, 15) is 4.39 Å². The fourth-order valence-electron chi connectivity index (χ4n) is 0.922. The summed E-state index contributed by atoms with van der Waals surface area (Å²) in [6, 6.07) is 5.81. The van der Waals surface area contributed by atoms with Crippen molar-refractivity contribution < 1.29 is 9.50 Å².